The molecular formula is C16H17NO2. The van der Waals surface area contributed by atoms with Crippen LogP contribution in [0.2, 0.25) is 0 Å². The smallest absolute Gasteiger partial charge is 0.348 e. The second kappa shape index (κ2) is 7.88. The first-order valence-electron chi connectivity index (χ1n) is 6.14. The van der Waals surface area contributed by atoms with E-state index in [0.29, 0.717) is 6.61 Å². The van der Waals surface area contributed by atoms with Crippen molar-refractivity contribution in [2.24, 2.45) is 5.92 Å². The number of hydrogen-bond donors (Lipinski definition) is 0. The fourth-order valence-corrected chi connectivity index (χ4v) is 1.29. The molecule has 0 fully saturated rings. The molecule has 0 aromatic heterocycles. The van der Waals surface area contributed by atoms with E-state index in [1.165, 1.54) is 6.08 Å². The molecule has 0 radical (unpaired) electrons. The first kappa shape index (κ1) is 14.7. The number of ether oxygens (including phenoxy) is 1. The molecule has 1 rings (SSSR count). The van der Waals surface area contributed by atoms with Crippen LogP contribution in [-0.2, 0) is 9.53 Å². The largest absolute Gasteiger partial charge is 0.461 e. The summed E-state index contributed by atoms with van der Waals surface area (Å²) in [4.78, 5) is 11.6. The molecule has 1 aromatic rings. The van der Waals surface area contributed by atoms with E-state index in [0.717, 1.165) is 5.56 Å². The standard InChI is InChI=1S/C16H17NO2/c1-13(2)12-19-16(18)15(11-17)10-6-9-14-7-4-3-5-8-14/h3-10,13H,12H2,1-2H3/b9-6-,15-10+. The van der Waals surface area contributed by atoms with Gasteiger partial charge in [-0.1, -0.05) is 56.3 Å². The lowest BCUT2D eigenvalue weighted by atomic mass is 10.2. The third-order valence-corrected chi connectivity index (χ3v) is 2.24. The van der Waals surface area contributed by atoms with Gasteiger partial charge < -0.3 is 4.74 Å². The zero-order chi connectivity index (χ0) is 14.1. The van der Waals surface area contributed by atoms with Crippen molar-refractivity contribution < 1.29 is 9.53 Å². The number of allylic oxidation sites excluding steroid dienone is 2. The summed E-state index contributed by atoms with van der Waals surface area (Å²) in [5.41, 5.74) is 1.01. The molecule has 3 heteroatoms. The molecule has 0 spiro atoms. The Labute approximate surface area is 113 Å². The molecule has 0 aliphatic carbocycles. The third-order valence-electron chi connectivity index (χ3n) is 2.24. The Balaban J connectivity index is 2.65. The number of hydrogen-bond acceptors (Lipinski definition) is 3. The van der Waals surface area contributed by atoms with E-state index in [2.05, 4.69) is 0 Å². The summed E-state index contributed by atoms with van der Waals surface area (Å²) in [6, 6.07) is 11.5. The molecule has 0 aliphatic rings. The summed E-state index contributed by atoms with van der Waals surface area (Å²) < 4.78 is 5.00. The quantitative estimate of drug-likeness (QED) is 0.351. The molecular weight excluding hydrogens is 238 g/mol. The highest BCUT2D eigenvalue weighted by Gasteiger charge is 2.09. The first-order chi connectivity index (χ1) is 9.13. The van der Waals surface area contributed by atoms with Gasteiger partial charge in [-0.3, -0.25) is 0 Å². The van der Waals surface area contributed by atoms with Crippen LogP contribution in [-0.4, -0.2) is 12.6 Å². The highest BCUT2D eigenvalue weighted by atomic mass is 16.5. The van der Waals surface area contributed by atoms with Crippen molar-refractivity contribution in [1.82, 2.24) is 0 Å². The number of nitrogens with zero attached hydrogens (tertiary/aromatic N) is 1. The van der Waals surface area contributed by atoms with Gasteiger partial charge in [0.2, 0.25) is 0 Å². The molecule has 0 heterocycles. The van der Waals surface area contributed by atoms with Crippen LogP contribution in [0, 0.1) is 17.2 Å². The van der Waals surface area contributed by atoms with Crippen molar-refractivity contribution in [2.75, 3.05) is 6.61 Å². The number of carbonyl (C=O) groups is 1. The second-order valence-electron chi connectivity index (χ2n) is 4.45. The van der Waals surface area contributed by atoms with Crippen molar-refractivity contribution in [3.63, 3.8) is 0 Å². The van der Waals surface area contributed by atoms with Gasteiger partial charge in [0.05, 0.1) is 6.61 Å². The van der Waals surface area contributed by atoms with Gasteiger partial charge in [-0.2, -0.15) is 5.26 Å². The van der Waals surface area contributed by atoms with E-state index in [1.54, 1.807) is 6.08 Å². The molecule has 0 N–H and O–H groups in total. The highest BCUT2D eigenvalue weighted by molar-refractivity contribution is 5.93. The van der Waals surface area contributed by atoms with E-state index in [-0.39, 0.29) is 11.5 Å². The summed E-state index contributed by atoms with van der Waals surface area (Å²) in [5.74, 6) is -0.322. The van der Waals surface area contributed by atoms with Crippen LogP contribution in [0.1, 0.15) is 19.4 Å². The van der Waals surface area contributed by atoms with Gasteiger partial charge in [-0.15, -0.1) is 0 Å². The van der Waals surface area contributed by atoms with Crippen LogP contribution in [0.25, 0.3) is 6.08 Å². The lowest BCUT2D eigenvalue weighted by Crippen LogP contribution is -2.11. The van der Waals surface area contributed by atoms with Crippen molar-refractivity contribution >= 4 is 12.0 Å². The number of benzene rings is 1. The zero-order valence-electron chi connectivity index (χ0n) is 11.2. The Bertz CT molecular complexity index is 507. The molecule has 3 nitrogen and oxygen atoms in total. The summed E-state index contributed by atoms with van der Waals surface area (Å²) in [6.45, 7) is 4.21. The lowest BCUT2D eigenvalue weighted by molar-refractivity contribution is -0.139. The third kappa shape index (κ3) is 5.69. The minimum absolute atomic E-state index is 0.00725. The number of nitriles is 1. The summed E-state index contributed by atoms with van der Waals surface area (Å²) >= 11 is 0. The van der Waals surface area contributed by atoms with Gasteiger partial charge >= 0.3 is 5.97 Å². The maximum absolute atomic E-state index is 11.6. The van der Waals surface area contributed by atoms with Gasteiger partial charge in [0, 0.05) is 0 Å². The normalized spacial score (nSPS) is 11.6. The van der Waals surface area contributed by atoms with E-state index < -0.39 is 5.97 Å². The van der Waals surface area contributed by atoms with E-state index in [1.807, 2.05) is 56.3 Å². The molecule has 19 heavy (non-hydrogen) atoms. The Morgan fingerprint density at radius 2 is 2.05 bits per heavy atom. The summed E-state index contributed by atoms with van der Waals surface area (Å²) in [5, 5.41) is 8.91. The second-order valence-corrected chi connectivity index (χ2v) is 4.45. The Hall–Kier alpha value is -2.34. The van der Waals surface area contributed by atoms with Crippen molar-refractivity contribution in [2.45, 2.75) is 13.8 Å². The van der Waals surface area contributed by atoms with Crippen molar-refractivity contribution in [1.29, 1.82) is 5.26 Å². The average molecular weight is 255 g/mol. The zero-order valence-corrected chi connectivity index (χ0v) is 11.2. The van der Waals surface area contributed by atoms with Gasteiger partial charge in [-0.05, 0) is 17.6 Å². The predicted molar refractivity (Wildman–Crippen MR) is 75.0 cm³/mol. The predicted octanol–water partition coefficient (Wildman–Crippen LogP) is 3.35. The Morgan fingerprint density at radius 1 is 1.37 bits per heavy atom. The molecule has 98 valence electrons. The first-order valence-corrected chi connectivity index (χ1v) is 6.14. The average Bonchev–Trinajstić information content (AvgIpc) is 2.42. The van der Waals surface area contributed by atoms with Crippen LogP contribution in [0.5, 0.6) is 0 Å². The maximum atomic E-state index is 11.6. The SMILES string of the molecule is CC(C)COC(=O)/C(C#N)=C/C=C\c1ccccc1. The van der Waals surface area contributed by atoms with Gasteiger partial charge in [0.1, 0.15) is 11.6 Å². The van der Waals surface area contributed by atoms with Crippen LogP contribution >= 0.6 is 0 Å². The van der Waals surface area contributed by atoms with Gasteiger partial charge in [0.15, 0.2) is 0 Å². The molecule has 1 aromatic carbocycles. The number of carbonyl (C=O) groups excluding carboxylic acids is 1. The summed E-state index contributed by atoms with van der Waals surface area (Å²) in [7, 11) is 0. The highest BCUT2D eigenvalue weighted by Crippen LogP contribution is 2.04. The summed E-state index contributed by atoms with van der Waals surface area (Å²) in [6.07, 6.45) is 4.97. The fourth-order valence-electron chi connectivity index (χ4n) is 1.29. The maximum Gasteiger partial charge on any atom is 0.348 e. The Morgan fingerprint density at radius 3 is 2.63 bits per heavy atom. The molecule has 0 bridgehead atoms. The molecule has 0 aliphatic heterocycles. The number of rotatable bonds is 5. The van der Waals surface area contributed by atoms with Gasteiger partial charge in [-0.25, -0.2) is 4.79 Å². The van der Waals surface area contributed by atoms with E-state index in [9.17, 15) is 4.79 Å². The van der Waals surface area contributed by atoms with Crippen LogP contribution in [0.4, 0.5) is 0 Å². The van der Waals surface area contributed by atoms with Crippen molar-refractivity contribution in [3.8, 4) is 6.07 Å². The molecule has 0 saturated heterocycles. The fraction of sp³-hybridized carbons (Fsp3) is 0.250. The van der Waals surface area contributed by atoms with Gasteiger partial charge in [0.25, 0.3) is 0 Å². The molecule has 0 saturated carbocycles. The van der Waals surface area contributed by atoms with Crippen LogP contribution in [0.3, 0.4) is 0 Å². The minimum atomic E-state index is -0.575. The number of esters is 1. The van der Waals surface area contributed by atoms with E-state index >= 15 is 0 Å². The Kier molecular flexibility index (Phi) is 6.11. The minimum Gasteiger partial charge on any atom is -0.461 e. The molecule has 0 atom stereocenters. The molecule has 0 amide bonds. The van der Waals surface area contributed by atoms with Crippen LogP contribution in [0.15, 0.2) is 48.1 Å². The lowest BCUT2D eigenvalue weighted by Gasteiger charge is -2.05. The topological polar surface area (TPSA) is 50.1 Å². The van der Waals surface area contributed by atoms with Crippen molar-refractivity contribution in [3.05, 3.63) is 53.6 Å². The van der Waals surface area contributed by atoms with Crippen LogP contribution < -0.4 is 0 Å². The molecule has 0 unspecified atom stereocenters. The van der Waals surface area contributed by atoms with E-state index in [4.69, 9.17) is 10.00 Å². The monoisotopic (exact) mass is 255 g/mol.